The highest BCUT2D eigenvalue weighted by molar-refractivity contribution is 7.73. The molecule has 0 aliphatic carbocycles. The first-order valence-electron chi connectivity index (χ1n) is 4.66. The van der Waals surface area contributed by atoms with Crippen LogP contribution in [0.1, 0.15) is 0 Å². The minimum absolute atomic E-state index is 0.120. The SMILES string of the molecule is O=c1[nH]c2ccc1c([N+](=O)[O-])c2.S=c1[nH]ncs1. The number of fused-ring (bicyclic) bond motifs is 3. The van der Waals surface area contributed by atoms with Crippen LogP contribution in [0.3, 0.4) is 0 Å². The van der Waals surface area contributed by atoms with Crippen LogP contribution < -0.4 is 5.56 Å². The molecular formula is C9H6N4O3S2. The van der Waals surface area contributed by atoms with Crippen LogP contribution in [0.5, 0.6) is 0 Å². The van der Waals surface area contributed by atoms with Crippen molar-refractivity contribution in [3.05, 3.63) is 48.1 Å². The van der Waals surface area contributed by atoms with E-state index >= 15 is 0 Å². The van der Waals surface area contributed by atoms with Crippen LogP contribution in [-0.2, 0) is 0 Å². The van der Waals surface area contributed by atoms with Crippen molar-refractivity contribution < 1.29 is 4.92 Å². The average Bonchev–Trinajstić information content (AvgIpc) is 2.81. The van der Waals surface area contributed by atoms with Crippen molar-refractivity contribution in [1.82, 2.24) is 15.2 Å². The first-order valence-corrected chi connectivity index (χ1v) is 5.94. The van der Waals surface area contributed by atoms with Crippen molar-refractivity contribution in [2.75, 3.05) is 0 Å². The van der Waals surface area contributed by atoms with Crippen LogP contribution in [-0.4, -0.2) is 20.1 Å². The van der Waals surface area contributed by atoms with Gasteiger partial charge in [-0.25, -0.2) is 0 Å². The molecule has 1 aromatic carbocycles. The Morgan fingerprint density at radius 1 is 1.44 bits per heavy atom. The number of pyridine rings is 2. The van der Waals surface area contributed by atoms with Gasteiger partial charge in [-0.15, -0.1) is 0 Å². The van der Waals surface area contributed by atoms with Gasteiger partial charge in [-0.1, -0.05) is 11.3 Å². The maximum absolute atomic E-state index is 11.0. The number of nitrogens with one attached hydrogen (secondary N) is 2. The molecule has 18 heavy (non-hydrogen) atoms. The number of nitrogens with zero attached hydrogens (tertiary/aromatic N) is 2. The van der Waals surface area contributed by atoms with Gasteiger partial charge in [0.25, 0.3) is 11.2 Å². The van der Waals surface area contributed by atoms with E-state index in [9.17, 15) is 14.9 Å². The van der Waals surface area contributed by atoms with E-state index in [4.69, 9.17) is 0 Å². The molecule has 4 rings (SSSR count). The van der Waals surface area contributed by atoms with Crippen molar-refractivity contribution in [1.29, 1.82) is 0 Å². The summed E-state index contributed by atoms with van der Waals surface area (Å²) in [6.07, 6.45) is 0. The summed E-state index contributed by atoms with van der Waals surface area (Å²) in [5.41, 5.74) is 1.61. The molecule has 0 amide bonds. The average molecular weight is 282 g/mol. The van der Waals surface area contributed by atoms with Crippen LogP contribution in [0.4, 0.5) is 5.69 Å². The largest absolute Gasteiger partial charge is 0.322 e. The molecule has 0 spiro atoms. The fraction of sp³-hybridized carbons (Fsp3) is 0. The molecule has 4 aromatic rings. The third-order valence-electron chi connectivity index (χ3n) is 2.07. The molecule has 9 heteroatoms. The summed E-state index contributed by atoms with van der Waals surface area (Å²) < 4.78 is 0.731. The van der Waals surface area contributed by atoms with Gasteiger partial charge in [0, 0.05) is 11.6 Å². The van der Waals surface area contributed by atoms with Crippen LogP contribution in [0, 0.1) is 14.1 Å². The molecule has 0 aliphatic heterocycles. The maximum atomic E-state index is 11.0. The third-order valence-corrected chi connectivity index (χ3v) is 2.96. The summed E-state index contributed by atoms with van der Waals surface area (Å²) in [6, 6.07) is 4.42. The molecule has 0 unspecified atom stereocenters. The monoisotopic (exact) mass is 282 g/mol. The van der Waals surface area contributed by atoms with E-state index in [0.29, 0.717) is 5.52 Å². The highest BCUT2D eigenvalue weighted by Gasteiger charge is 2.14. The Kier molecular flexibility index (Phi) is 3.44. The maximum Gasteiger partial charge on any atom is 0.284 e. The Hall–Kier alpha value is -2.13. The standard InChI is InChI=1S/C7H4N2O3.C2H2N2S2/c10-7-5-2-1-4(8-7)3-6(5)9(11)12;5-2-4-3-1-6-2/h1-3H,(H,8,10);1H,(H,4,5). The number of benzene rings is 1. The molecule has 0 saturated carbocycles. The van der Waals surface area contributed by atoms with Gasteiger partial charge >= 0.3 is 0 Å². The summed E-state index contributed by atoms with van der Waals surface area (Å²) in [5, 5.41) is 16.7. The summed E-state index contributed by atoms with van der Waals surface area (Å²) in [7, 11) is 0. The van der Waals surface area contributed by atoms with Crippen LogP contribution in [0.2, 0.25) is 0 Å². The molecule has 7 nitrogen and oxygen atoms in total. The Bertz CT molecular complexity index is 759. The number of hydrogen-bond acceptors (Lipinski definition) is 6. The predicted molar refractivity (Wildman–Crippen MR) is 69.7 cm³/mol. The van der Waals surface area contributed by atoms with Crippen molar-refractivity contribution in [3.8, 4) is 0 Å². The van der Waals surface area contributed by atoms with Gasteiger partial charge in [-0.05, 0) is 24.4 Å². The van der Waals surface area contributed by atoms with Gasteiger partial charge < -0.3 is 4.98 Å². The number of nitro benzene ring substituents is 1. The molecule has 2 N–H and O–H groups in total. The van der Waals surface area contributed by atoms with Gasteiger partial charge in [0.15, 0.2) is 3.95 Å². The van der Waals surface area contributed by atoms with E-state index < -0.39 is 10.5 Å². The number of nitro groups is 1. The van der Waals surface area contributed by atoms with E-state index in [1.165, 1.54) is 23.5 Å². The zero-order valence-corrected chi connectivity index (χ0v) is 10.4. The fourth-order valence-electron chi connectivity index (χ4n) is 1.33. The lowest BCUT2D eigenvalue weighted by Crippen LogP contribution is -2.09. The highest BCUT2D eigenvalue weighted by atomic mass is 32.1. The molecule has 0 atom stereocenters. The first-order chi connectivity index (χ1) is 8.58. The first kappa shape index (κ1) is 12.3. The molecule has 0 radical (unpaired) electrons. The van der Waals surface area contributed by atoms with E-state index in [1.54, 1.807) is 11.6 Å². The normalized spacial score (nSPS) is 10.0. The predicted octanol–water partition coefficient (Wildman–Crippen LogP) is 2.07. The number of aromatic nitrogens is 3. The van der Waals surface area contributed by atoms with Crippen molar-refractivity contribution in [2.45, 2.75) is 0 Å². The lowest BCUT2D eigenvalue weighted by Gasteiger charge is -1.97. The van der Waals surface area contributed by atoms with Crippen molar-refractivity contribution in [3.63, 3.8) is 0 Å². The molecule has 0 aliphatic rings. The van der Waals surface area contributed by atoms with E-state index in [2.05, 4.69) is 27.4 Å². The number of rotatable bonds is 1. The lowest BCUT2D eigenvalue weighted by atomic mass is 10.2. The Morgan fingerprint density at radius 2 is 2.22 bits per heavy atom. The molecule has 0 saturated heterocycles. The molecule has 3 heterocycles. The number of non-ortho nitro benzene ring substituents is 1. The lowest BCUT2D eigenvalue weighted by molar-refractivity contribution is -0.383. The van der Waals surface area contributed by atoms with Gasteiger partial charge in [-0.2, -0.15) is 5.10 Å². The minimum Gasteiger partial charge on any atom is -0.322 e. The van der Waals surface area contributed by atoms with Crippen LogP contribution >= 0.6 is 23.6 Å². The Balaban J connectivity index is 0.000000169. The molecule has 2 bridgehead atoms. The van der Waals surface area contributed by atoms with E-state index in [1.807, 2.05) is 0 Å². The summed E-state index contributed by atoms with van der Waals surface area (Å²) in [5.74, 6) is 0. The number of H-pyrrole nitrogens is 2. The fourth-order valence-corrected chi connectivity index (χ4v) is 1.82. The zero-order valence-electron chi connectivity index (χ0n) is 8.75. The van der Waals surface area contributed by atoms with Gasteiger partial charge in [-0.3, -0.25) is 20.0 Å². The summed E-state index contributed by atoms with van der Waals surface area (Å²) in [6.45, 7) is 0. The number of aromatic amines is 2. The smallest absolute Gasteiger partial charge is 0.284 e. The molecule has 3 aromatic heterocycles. The molecule has 0 fully saturated rings. The van der Waals surface area contributed by atoms with Gasteiger partial charge in [0.05, 0.1) is 4.92 Å². The highest BCUT2D eigenvalue weighted by Crippen LogP contribution is 2.19. The second kappa shape index (κ2) is 5.02. The second-order valence-corrected chi connectivity index (χ2v) is 4.72. The van der Waals surface area contributed by atoms with E-state index in [-0.39, 0.29) is 11.1 Å². The van der Waals surface area contributed by atoms with Crippen LogP contribution in [0.15, 0.2) is 28.5 Å². The Morgan fingerprint density at radius 3 is 2.56 bits per heavy atom. The van der Waals surface area contributed by atoms with Crippen molar-refractivity contribution in [2.24, 2.45) is 0 Å². The second-order valence-electron chi connectivity index (χ2n) is 3.19. The van der Waals surface area contributed by atoms with E-state index in [0.717, 1.165) is 3.95 Å². The van der Waals surface area contributed by atoms with Crippen molar-refractivity contribution >= 4 is 40.1 Å². The summed E-state index contributed by atoms with van der Waals surface area (Å²) in [4.78, 5) is 23.3. The summed E-state index contributed by atoms with van der Waals surface area (Å²) >= 11 is 6.07. The molecular weight excluding hydrogens is 276 g/mol. The zero-order chi connectivity index (χ0) is 13.1. The number of hydrogen-bond donors (Lipinski definition) is 2. The minimum atomic E-state index is -0.558. The van der Waals surface area contributed by atoms with Gasteiger partial charge in [0.2, 0.25) is 0 Å². The van der Waals surface area contributed by atoms with Crippen LogP contribution in [0.25, 0.3) is 10.9 Å². The topological polar surface area (TPSA) is 105 Å². The Labute approximate surface area is 109 Å². The molecule has 92 valence electrons. The third kappa shape index (κ3) is 2.57. The van der Waals surface area contributed by atoms with Gasteiger partial charge in [0.1, 0.15) is 10.9 Å². The quantitative estimate of drug-likeness (QED) is 0.404.